The summed E-state index contributed by atoms with van der Waals surface area (Å²) in [5, 5.41) is 4.68. The van der Waals surface area contributed by atoms with Crippen molar-refractivity contribution in [2.75, 3.05) is 7.05 Å². The summed E-state index contributed by atoms with van der Waals surface area (Å²) in [4.78, 5) is 0. The summed E-state index contributed by atoms with van der Waals surface area (Å²) in [6.45, 7) is 2.06. The molecule has 0 fully saturated rings. The number of hydrogen-bond donors (Lipinski definition) is 1. The van der Waals surface area contributed by atoms with Crippen LogP contribution in [0, 0.1) is 6.92 Å². The minimum Gasteiger partial charge on any atom is -0.309 e. The fourth-order valence-electron chi connectivity index (χ4n) is 2.08. The monoisotopic (exact) mass is 357 g/mol. The van der Waals surface area contributed by atoms with Crippen LogP contribution in [0.4, 0.5) is 0 Å². The highest BCUT2D eigenvalue weighted by Gasteiger charge is 2.18. The Hall–Kier alpha value is -0.540. The van der Waals surface area contributed by atoms with Crippen LogP contribution >= 0.6 is 39.1 Å². The lowest BCUT2D eigenvalue weighted by Crippen LogP contribution is -2.18. The molecule has 0 radical (unpaired) electrons. The maximum Gasteiger partial charge on any atom is 0.0600 e. The Labute approximate surface area is 132 Å². The van der Waals surface area contributed by atoms with E-state index in [2.05, 4.69) is 46.4 Å². The molecule has 0 amide bonds. The third-order valence-electron chi connectivity index (χ3n) is 3.02. The SMILES string of the molecule is CNC(c1cc(Cl)ccc1Cl)c1ccc(C)cc1Br. The molecule has 0 saturated carbocycles. The maximum absolute atomic E-state index is 6.29. The topological polar surface area (TPSA) is 12.0 Å². The minimum absolute atomic E-state index is 0.00109. The second-order valence-corrected chi connectivity index (χ2v) is 6.11. The van der Waals surface area contributed by atoms with Gasteiger partial charge < -0.3 is 5.32 Å². The molecule has 0 spiro atoms. The number of rotatable bonds is 3. The van der Waals surface area contributed by atoms with Gasteiger partial charge in [0.15, 0.2) is 0 Å². The molecule has 2 rings (SSSR count). The summed E-state index contributed by atoms with van der Waals surface area (Å²) in [5.41, 5.74) is 3.32. The third kappa shape index (κ3) is 3.32. The van der Waals surface area contributed by atoms with Gasteiger partial charge in [-0.15, -0.1) is 0 Å². The fourth-order valence-corrected chi connectivity index (χ4v) is 3.21. The van der Waals surface area contributed by atoms with Crippen molar-refractivity contribution in [3.63, 3.8) is 0 Å². The first-order chi connectivity index (χ1) is 9.02. The van der Waals surface area contributed by atoms with E-state index >= 15 is 0 Å². The molecule has 0 saturated heterocycles. The molecule has 1 nitrogen and oxygen atoms in total. The molecule has 0 aliphatic heterocycles. The highest BCUT2D eigenvalue weighted by atomic mass is 79.9. The quantitative estimate of drug-likeness (QED) is 0.777. The van der Waals surface area contributed by atoms with Gasteiger partial charge in [-0.3, -0.25) is 0 Å². The largest absolute Gasteiger partial charge is 0.309 e. The zero-order valence-corrected chi connectivity index (χ0v) is 13.8. The molecule has 0 aliphatic carbocycles. The van der Waals surface area contributed by atoms with E-state index in [0.29, 0.717) is 10.0 Å². The molecule has 2 aromatic carbocycles. The highest BCUT2D eigenvalue weighted by Crippen LogP contribution is 2.34. The van der Waals surface area contributed by atoms with Crippen molar-refractivity contribution in [1.82, 2.24) is 5.32 Å². The van der Waals surface area contributed by atoms with E-state index < -0.39 is 0 Å². The molecule has 100 valence electrons. The van der Waals surface area contributed by atoms with Crippen molar-refractivity contribution in [3.8, 4) is 0 Å². The Balaban J connectivity index is 2.52. The average molecular weight is 359 g/mol. The second-order valence-electron chi connectivity index (χ2n) is 4.41. The Morgan fingerprint density at radius 1 is 1.05 bits per heavy atom. The summed E-state index contributed by atoms with van der Waals surface area (Å²) in [6.07, 6.45) is 0. The summed E-state index contributed by atoms with van der Waals surface area (Å²) < 4.78 is 1.06. The summed E-state index contributed by atoms with van der Waals surface area (Å²) in [6, 6.07) is 11.8. The molecule has 0 bridgehead atoms. The van der Waals surface area contributed by atoms with Crippen LogP contribution in [0.2, 0.25) is 10.0 Å². The molecular formula is C15H14BrCl2N. The van der Waals surface area contributed by atoms with Crippen molar-refractivity contribution < 1.29 is 0 Å². The summed E-state index contributed by atoms with van der Waals surface area (Å²) in [5.74, 6) is 0. The van der Waals surface area contributed by atoms with Crippen molar-refractivity contribution in [2.45, 2.75) is 13.0 Å². The van der Waals surface area contributed by atoms with Gasteiger partial charge in [0.1, 0.15) is 0 Å². The lowest BCUT2D eigenvalue weighted by Gasteiger charge is -2.20. The van der Waals surface area contributed by atoms with Gasteiger partial charge in [-0.1, -0.05) is 51.3 Å². The molecule has 1 N–H and O–H groups in total. The van der Waals surface area contributed by atoms with Crippen LogP contribution in [0.5, 0.6) is 0 Å². The van der Waals surface area contributed by atoms with Crippen molar-refractivity contribution in [2.24, 2.45) is 0 Å². The van der Waals surface area contributed by atoms with Gasteiger partial charge in [-0.2, -0.15) is 0 Å². The molecule has 1 atom stereocenters. The van der Waals surface area contributed by atoms with Crippen LogP contribution < -0.4 is 5.32 Å². The summed E-state index contributed by atoms with van der Waals surface area (Å²) in [7, 11) is 1.91. The van der Waals surface area contributed by atoms with Crippen LogP contribution in [0.25, 0.3) is 0 Å². The normalized spacial score (nSPS) is 12.5. The number of halogens is 3. The van der Waals surface area contributed by atoms with Crippen molar-refractivity contribution in [1.29, 1.82) is 0 Å². The van der Waals surface area contributed by atoms with Crippen molar-refractivity contribution in [3.05, 3.63) is 67.6 Å². The molecule has 4 heteroatoms. The molecule has 0 aromatic heterocycles. The minimum atomic E-state index is 0.00109. The van der Waals surface area contributed by atoms with E-state index in [0.717, 1.165) is 15.6 Å². The highest BCUT2D eigenvalue weighted by molar-refractivity contribution is 9.10. The summed E-state index contributed by atoms with van der Waals surface area (Å²) >= 11 is 16.0. The Morgan fingerprint density at radius 3 is 2.42 bits per heavy atom. The Kier molecular flexibility index (Phi) is 4.91. The van der Waals surface area contributed by atoms with Crippen LogP contribution in [-0.2, 0) is 0 Å². The lowest BCUT2D eigenvalue weighted by atomic mass is 9.98. The van der Waals surface area contributed by atoms with E-state index in [1.807, 2.05) is 19.2 Å². The fraction of sp³-hybridized carbons (Fsp3) is 0.200. The molecular weight excluding hydrogens is 345 g/mol. The van der Waals surface area contributed by atoms with E-state index in [4.69, 9.17) is 23.2 Å². The third-order valence-corrected chi connectivity index (χ3v) is 4.29. The van der Waals surface area contributed by atoms with Gasteiger partial charge in [0.2, 0.25) is 0 Å². The van der Waals surface area contributed by atoms with Crippen LogP contribution in [0.15, 0.2) is 40.9 Å². The van der Waals surface area contributed by atoms with Crippen LogP contribution in [-0.4, -0.2) is 7.05 Å². The standard InChI is InChI=1S/C15H14BrCl2N/c1-9-3-5-11(13(16)7-9)15(19-2)12-8-10(17)4-6-14(12)18/h3-8,15,19H,1-2H3. The zero-order chi connectivity index (χ0) is 14.0. The van der Waals surface area contributed by atoms with Crippen LogP contribution in [0.1, 0.15) is 22.7 Å². The van der Waals surface area contributed by atoms with Gasteiger partial charge in [-0.05, 0) is 54.9 Å². The smallest absolute Gasteiger partial charge is 0.0600 e. The van der Waals surface area contributed by atoms with Gasteiger partial charge in [0.05, 0.1) is 6.04 Å². The molecule has 2 aromatic rings. The van der Waals surface area contributed by atoms with Crippen molar-refractivity contribution >= 4 is 39.1 Å². The maximum atomic E-state index is 6.29. The van der Waals surface area contributed by atoms with Gasteiger partial charge in [0, 0.05) is 14.5 Å². The molecule has 19 heavy (non-hydrogen) atoms. The van der Waals surface area contributed by atoms with Gasteiger partial charge in [0.25, 0.3) is 0 Å². The van der Waals surface area contributed by atoms with Crippen LogP contribution in [0.3, 0.4) is 0 Å². The zero-order valence-electron chi connectivity index (χ0n) is 10.7. The number of benzene rings is 2. The van der Waals surface area contributed by atoms with Gasteiger partial charge in [-0.25, -0.2) is 0 Å². The van der Waals surface area contributed by atoms with E-state index in [-0.39, 0.29) is 6.04 Å². The second kappa shape index (κ2) is 6.27. The molecule has 0 aliphatic rings. The Bertz CT molecular complexity index is 599. The predicted molar refractivity (Wildman–Crippen MR) is 86.2 cm³/mol. The number of hydrogen-bond acceptors (Lipinski definition) is 1. The predicted octanol–water partition coefficient (Wildman–Crippen LogP) is 5.37. The first kappa shape index (κ1) is 14.9. The van der Waals surface area contributed by atoms with E-state index in [1.165, 1.54) is 5.56 Å². The number of aryl methyl sites for hydroxylation is 1. The first-order valence-electron chi connectivity index (χ1n) is 5.91. The first-order valence-corrected chi connectivity index (χ1v) is 7.46. The molecule has 1 unspecified atom stereocenters. The van der Waals surface area contributed by atoms with E-state index in [1.54, 1.807) is 6.07 Å². The average Bonchev–Trinajstić information content (AvgIpc) is 2.36. The van der Waals surface area contributed by atoms with Gasteiger partial charge >= 0.3 is 0 Å². The Morgan fingerprint density at radius 2 is 1.79 bits per heavy atom. The van der Waals surface area contributed by atoms with E-state index in [9.17, 15) is 0 Å². The number of nitrogens with one attached hydrogen (secondary N) is 1. The molecule has 0 heterocycles. The lowest BCUT2D eigenvalue weighted by molar-refractivity contribution is 0.689.